The van der Waals surface area contributed by atoms with Gasteiger partial charge in [-0.25, -0.2) is 4.68 Å². The van der Waals surface area contributed by atoms with Gasteiger partial charge in [0.1, 0.15) is 0 Å². The Morgan fingerprint density at radius 3 is 2.00 bits per heavy atom. The largest absolute Gasteiger partial charge is 0.435 e. The Hall–Kier alpha value is -1.07. The van der Waals surface area contributed by atoms with Gasteiger partial charge in [0.2, 0.25) is 5.95 Å². The molecule has 0 saturated heterocycles. The summed E-state index contributed by atoms with van der Waals surface area (Å²) in [5, 5.41) is 3.20. The highest BCUT2D eigenvalue weighted by Gasteiger charge is 2.38. The lowest BCUT2D eigenvalue weighted by atomic mass is 10.2. The van der Waals surface area contributed by atoms with Crippen molar-refractivity contribution in [2.24, 2.45) is 0 Å². The molecule has 2 nitrogen and oxygen atoms in total. The maximum absolute atomic E-state index is 13.2. The Balaban J connectivity index is 3.29. The van der Waals surface area contributed by atoms with E-state index >= 15 is 0 Å². The van der Waals surface area contributed by atoms with Crippen LogP contribution in [0.2, 0.25) is 0 Å². The predicted molar refractivity (Wildman–Crippen MR) is 42.3 cm³/mol. The van der Waals surface area contributed by atoms with Crippen LogP contribution in [-0.2, 0) is 6.18 Å². The first-order valence-electron chi connectivity index (χ1n) is 4.07. The Bertz CT molecular complexity index is 338. The zero-order valence-electron chi connectivity index (χ0n) is 7.98. The minimum absolute atomic E-state index is 0.426. The fraction of sp³-hybridized carbons (Fsp3) is 0.625. The first-order chi connectivity index (χ1) is 6.25. The third-order valence-electron chi connectivity index (χ3n) is 1.83. The van der Waals surface area contributed by atoms with Crippen LogP contribution in [-0.4, -0.2) is 9.78 Å². The number of rotatable bonds is 1. The first-order valence-corrected chi connectivity index (χ1v) is 4.07. The van der Waals surface area contributed by atoms with Gasteiger partial charge in [-0.3, -0.25) is 0 Å². The molecule has 0 atom stereocenters. The molecule has 0 aliphatic heterocycles. The van der Waals surface area contributed by atoms with Gasteiger partial charge < -0.3 is 0 Å². The van der Waals surface area contributed by atoms with Crippen LogP contribution in [0.25, 0.3) is 0 Å². The van der Waals surface area contributed by atoms with Crippen molar-refractivity contribution in [1.29, 1.82) is 0 Å². The van der Waals surface area contributed by atoms with Crippen LogP contribution < -0.4 is 0 Å². The average Bonchev–Trinajstić information content (AvgIpc) is 2.28. The molecule has 6 heteroatoms. The minimum atomic E-state index is -4.59. The average molecular weight is 210 g/mol. The fourth-order valence-electron chi connectivity index (χ4n) is 1.11. The zero-order valence-corrected chi connectivity index (χ0v) is 7.98. The van der Waals surface area contributed by atoms with Crippen molar-refractivity contribution >= 4 is 0 Å². The fourth-order valence-corrected chi connectivity index (χ4v) is 1.11. The second-order valence-electron chi connectivity index (χ2n) is 3.30. The van der Waals surface area contributed by atoms with Crippen LogP contribution in [0.4, 0.5) is 17.6 Å². The van der Waals surface area contributed by atoms with E-state index < -0.39 is 29.4 Å². The normalized spacial score (nSPS) is 12.6. The van der Waals surface area contributed by atoms with Gasteiger partial charge in [0.25, 0.3) is 0 Å². The molecule has 1 aromatic rings. The lowest BCUT2D eigenvalue weighted by molar-refractivity contribution is -0.142. The molecule has 0 N–H and O–H groups in total. The van der Waals surface area contributed by atoms with Crippen LogP contribution in [0.15, 0.2) is 0 Å². The topological polar surface area (TPSA) is 17.8 Å². The van der Waals surface area contributed by atoms with Gasteiger partial charge in [0, 0.05) is 11.6 Å². The van der Waals surface area contributed by atoms with E-state index in [0.717, 1.165) is 11.6 Å². The molecule has 0 amide bonds. The molecule has 1 heterocycles. The van der Waals surface area contributed by atoms with E-state index in [1.807, 2.05) is 0 Å². The molecule has 14 heavy (non-hydrogen) atoms. The molecular formula is C8H10F4N2. The van der Waals surface area contributed by atoms with Gasteiger partial charge in [-0.1, -0.05) is 0 Å². The van der Waals surface area contributed by atoms with Crippen LogP contribution in [0.5, 0.6) is 0 Å². The molecule has 0 aliphatic rings. The van der Waals surface area contributed by atoms with E-state index in [4.69, 9.17) is 0 Å². The summed E-state index contributed by atoms with van der Waals surface area (Å²) in [4.78, 5) is 0. The highest BCUT2D eigenvalue weighted by molar-refractivity contribution is 5.19. The van der Waals surface area contributed by atoms with E-state index in [-0.39, 0.29) is 0 Å². The van der Waals surface area contributed by atoms with Gasteiger partial charge in [-0.15, -0.1) is 0 Å². The van der Waals surface area contributed by atoms with E-state index in [1.54, 1.807) is 13.8 Å². The van der Waals surface area contributed by atoms with E-state index in [0.29, 0.717) is 0 Å². The number of hydrogen-bond acceptors (Lipinski definition) is 1. The van der Waals surface area contributed by atoms with Crippen molar-refractivity contribution in [1.82, 2.24) is 9.78 Å². The summed E-state index contributed by atoms with van der Waals surface area (Å²) in [6, 6.07) is -0.426. The quantitative estimate of drug-likeness (QED) is 0.651. The molecule has 1 rings (SSSR count). The van der Waals surface area contributed by atoms with Crippen molar-refractivity contribution in [2.45, 2.75) is 33.0 Å². The van der Waals surface area contributed by atoms with Crippen molar-refractivity contribution in [3.63, 3.8) is 0 Å². The van der Waals surface area contributed by atoms with Crippen molar-refractivity contribution in [3.05, 3.63) is 17.2 Å². The lowest BCUT2D eigenvalue weighted by Crippen LogP contribution is -2.10. The smallest absolute Gasteiger partial charge is 0.236 e. The van der Waals surface area contributed by atoms with Gasteiger partial charge >= 0.3 is 6.18 Å². The second-order valence-corrected chi connectivity index (χ2v) is 3.30. The number of aromatic nitrogens is 2. The number of halogens is 4. The van der Waals surface area contributed by atoms with Crippen molar-refractivity contribution in [2.75, 3.05) is 0 Å². The van der Waals surface area contributed by atoms with Crippen LogP contribution >= 0.6 is 0 Å². The molecule has 0 bridgehead atoms. The van der Waals surface area contributed by atoms with E-state index in [1.165, 1.54) is 0 Å². The number of nitrogens with zero attached hydrogens (tertiary/aromatic N) is 2. The Kier molecular flexibility index (Phi) is 2.56. The molecular weight excluding hydrogens is 200 g/mol. The molecule has 0 fully saturated rings. The van der Waals surface area contributed by atoms with Crippen molar-refractivity contribution < 1.29 is 17.6 Å². The van der Waals surface area contributed by atoms with E-state index in [2.05, 4.69) is 5.10 Å². The first kappa shape index (κ1) is 11.0. The molecule has 0 radical (unpaired) electrons. The third-order valence-corrected chi connectivity index (χ3v) is 1.83. The Morgan fingerprint density at radius 2 is 1.79 bits per heavy atom. The SMILES string of the molecule is Cc1c(C(F)(F)F)nn(C(C)C)c1F. The predicted octanol–water partition coefficient (Wildman–Crippen LogP) is 2.93. The summed E-state index contributed by atoms with van der Waals surface area (Å²) < 4.78 is 50.7. The molecule has 0 saturated carbocycles. The standard InChI is InChI=1S/C8H10F4N2/c1-4(2)14-7(9)5(3)6(13-14)8(10,11)12/h4H,1-3H3. The monoisotopic (exact) mass is 210 g/mol. The highest BCUT2D eigenvalue weighted by Crippen LogP contribution is 2.32. The summed E-state index contributed by atoms with van der Waals surface area (Å²) in [6.07, 6.45) is -4.59. The maximum atomic E-state index is 13.2. The summed E-state index contributed by atoms with van der Waals surface area (Å²) in [5.74, 6) is -0.924. The molecule has 0 spiro atoms. The van der Waals surface area contributed by atoms with Crippen LogP contribution in [0, 0.1) is 12.9 Å². The molecule has 0 aliphatic carbocycles. The summed E-state index contributed by atoms with van der Waals surface area (Å²) in [5.41, 5.74) is -1.60. The van der Waals surface area contributed by atoms with Crippen LogP contribution in [0.1, 0.15) is 31.1 Å². The molecule has 80 valence electrons. The molecule has 0 unspecified atom stereocenters. The Labute approximate surface area is 78.5 Å². The number of hydrogen-bond donors (Lipinski definition) is 0. The lowest BCUT2D eigenvalue weighted by Gasteiger charge is -2.05. The third kappa shape index (κ3) is 1.73. The minimum Gasteiger partial charge on any atom is -0.236 e. The highest BCUT2D eigenvalue weighted by atomic mass is 19.4. The van der Waals surface area contributed by atoms with Crippen LogP contribution in [0.3, 0.4) is 0 Å². The summed E-state index contributed by atoms with van der Waals surface area (Å²) in [7, 11) is 0. The van der Waals surface area contributed by atoms with E-state index in [9.17, 15) is 17.6 Å². The maximum Gasteiger partial charge on any atom is 0.435 e. The zero-order chi connectivity index (χ0) is 11.1. The van der Waals surface area contributed by atoms with Gasteiger partial charge in [0.15, 0.2) is 5.69 Å². The van der Waals surface area contributed by atoms with Gasteiger partial charge in [0.05, 0.1) is 0 Å². The van der Waals surface area contributed by atoms with Crippen molar-refractivity contribution in [3.8, 4) is 0 Å². The van der Waals surface area contributed by atoms with Gasteiger partial charge in [-0.2, -0.15) is 22.7 Å². The number of alkyl halides is 3. The summed E-state index contributed by atoms with van der Waals surface area (Å²) in [6.45, 7) is 4.20. The molecule has 1 aromatic heterocycles. The Morgan fingerprint density at radius 1 is 1.29 bits per heavy atom. The summed E-state index contributed by atoms with van der Waals surface area (Å²) >= 11 is 0. The molecule has 0 aromatic carbocycles. The second kappa shape index (κ2) is 3.25. The van der Waals surface area contributed by atoms with Gasteiger partial charge in [-0.05, 0) is 20.8 Å².